The second-order valence-electron chi connectivity index (χ2n) is 7.33. The molecule has 3 N–H and O–H groups in total. The molecule has 2 aromatic rings. The summed E-state index contributed by atoms with van der Waals surface area (Å²) in [5, 5.41) is 31.6. The van der Waals surface area contributed by atoms with Crippen LogP contribution in [0.5, 0.6) is 5.75 Å². The summed E-state index contributed by atoms with van der Waals surface area (Å²) in [6.07, 6.45) is -4.13. The molecule has 5 atom stereocenters. The monoisotopic (exact) mass is 406 g/mol. The van der Waals surface area contributed by atoms with Gasteiger partial charge in [-0.3, -0.25) is 0 Å². The maximum Gasteiger partial charge on any atom is 0.225 e. The first-order chi connectivity index (χ1) is 13.4. The molecular formula is C21H23ClO6. The van der Waals surface area contributed by atoms with Gasteiger partial charge in [-0.2, -0.15) is 0 Å². The van der Waals surface area contributed by atoms with Gasteiger partial charge in [-0.25, -0.2) is 0 Å². The van der Waals surface area contributed by atoms with Crippen molar-refractivity contribution in [2.24, 2.45) is 0 Å². The molecule has 0 aromatic heterocycles. The molecule has 0 saturated carbocycles. The largest absolute Gasteiger partial charge is 0.497 e. The third kappa shape index (κ3) is 3.10. The highest BCUT2D eigenvalue weighted by atomic mass is 35.5. The highest BCUT2D eigenvalue weighted by molar-refractivity contribution is 6.31. The summed E-state index contributed by atoms with van der Waals surface area (Å²) in [6, 6.07) is 11.4. The van der Waals surface area contributed by atoms with E-state index in [0.29, 0.717) is 17.0 Å². The summed E-state index contributed by atoms with van der Waals surface area (Å²) in [7, 11) is 1.62. The van der Waals surface area contributed by atoms with E-state index in [9.17, 15) is 15.3 Å². The molecule has 6 nitrogen and oxygen atoms in total. The number of hydrogen-bond acceptors (Lipinski definition) is 6. The Balaban J connectivity index is 1.70. The zero-order valence-electron chi connectivity index (χ0n) is 15.6. The van der Waals surface area contributed by atoms with Crippen LogP contribution in [0.3, 0.4) is 0 Å². The minimum Gasteiger partial charge on any atom is -0.497 e. The van der Waals surface area contributed by atoms with Crippen LogP contribution in [0, 0.1) is 0 Å². The first kappa shape index (κ1) is 19.6. The fourth-order valence-electron chi connectivity index (χ4n) is 3.91. The predicted molar refractivity (Wildman–Crippen MR) is 102 cm³/mol. The Hall–Kier alpha value is -1.67. The zero-order valence-corrected chi connectivity index (χ0v) is 16.4. The number of hydrogen-bond donors (Lipinski definition) is 3. The lowest BCUT2D eigenvalue weighted by Gasteiger charge is -2.45. The van der Waals surface area contributed by atoms with E-state index in [2.05, 4.69) is 0 Å². The van der Waals surface area contributed by atoms with Gasteiger partial charge < -0.3 is 29.5 Å². The molecular weight excluding hydrogens is 384 g/mol. The van der Waals surface area contributed by atoms with Crippen LogP contribution in [0.15, 0.2) is 36.4 Å². The fourth-order valence-corrected chi connectivity index (χ4v) is 4.16. The van der Waals surface area contributed by atoms with E-state index in [-0.39, 0.29) is 6.61 Å². The van der Waals surface area contributed by atoms with E-state index in [4.69, 9.17) is 25.8 Å². The zero-order chi connectivity index (χ0) is 20.1. The molecule has 0 aliphatic carbocycles. The van der Waals surface area contributed by atoms with Crippen LogP contribution in [0.2, 0.25) is 5.02 Å². The van der Waals surface area contributed by atoms with Gasteiger partial charge in [0.1, 0.15) is 24.1 Å². The van der Waals surface area contributed by atoms with Gasteiger partial charge in [0.05, 0.1) is 19.8 Å². The van der Waals surface area contributed by atoms with Crippen molar-refractivity contribution >= 4 is 11.6 Å². The van der Waals surface area contributed by atoms with Crippen LogP contribution in [0.1, 0.15) is 29.2 Å². The van der Waals surface area contributed by atoms with E-state index in [0.717, 1.165) is 22.4 Å². The number of methoxy groups -OCH3 is 1. The number of aliphatic hydroxyl groups is 3. The van der Waals surface area contributed by atoms with E-state index < -0.39 is 30.2 Å². The van der Waals surface area contributed by atoms with E-state index >= 15 is 0 Å². The third-order valence-electron chi connectivity index (χ3n) is 5.55. The van der Waals surface area contributed by atoms with Crippen molar-refractivity contribution in [3.8, 4) is 5.75 Å². The Kier molecular flexibility index (Phi) is 5.12. The molecule has 0 unspecified atom stereocenters. The average Bonchev–Trinajstić information content (AvgIpc) is 3.04. The van der Waals surface area contributed by atoms with Crippen molar-refractivity contribution in [2.45, 2.75) is 50.2 Å². The second kappa shape index (κ2) is 7.30. The quantitative estimate of drug-likeness (QED) is 0.723. The number of ether oxygens (including phenoxy) is 3. The molecule has 150 valence electrons. The van der Waals surface area contributed by atoms with Crippen LogP contribution >= 0.6 is 11.6 Å². The Morgan fingerprint density at radius 3 is 2.54 bits per heavy atom. The minimum absolute atomic E-state index is 0.199. The summed E-state index contributed by atoms with van der Waals surface area (Å²) < 4.78 is 16.9. The molecule has 1 spiro atoms. The van der Waals surface area contributed by atoms with Crippen LogP contribution in [-0.2, 0) is 28.3 Å². The summed E-state index contributed by atoms with van der Waals surface area (Å²) in [4.78, 5) is 0. The summed E-state index contributed by atoms with van der Waals surface area (Å²) in [6.45, 7) is 1.83. The molecule has 28 heavy (non-hydrogen) atoms. The first-order valence-corrected chi connectivity index (χ1v) is 9.54. The lowest BCUT2D eigenvalue weighted by molar-refractivity contribution is -0.362. The number of halogens is 1. The second-order valence-corrected chi connectivity index (χ2v) is 7.74. The van der Waals surface area contributed by atoms with Gasteiger partial charge in [-0.05, 0) is 54.3 Å². The lowest BCUT2D eigenvalue weighted by atomic mass is 9.86. The van der Waals surface area contributed by atoms with E-state index in [1.165, 1.54) is 0 Å². The van der Waals surface area contributed by atoms with Crippen molar-refractivity contribution in [1.82, 2.24) is 0 Å². The van der Waals surface area contributed by atoms with Crippen molar-refractivity contribution < 1.29 is 29.5 Å². The number of benzene rings is 2. The van der Waals surface area contributed by atoms with Crippen molar-refractivity contribution in [2.75, 3.05) is 7.11 Å². The highest BCUT2D eigenvalue weighted by Gasteiger charge is 2.57. The van der Waals surface area contributed by atoms with Gasteiger partial charge in [-0.15, -0.1) is 0 Å². The van der Waals surface area contributed by atoms with Gasteiger partial charge in [0, 0.05) is 10.6 Å². The topological polar surface area (TPSA) is 88.4 Å². The maximum absolute atomic E-state index is 10.7. The van der Waals surface area contributed by atoms with Crippen LogP contribution < -0.4 is 4.74 Å². The van der Waals surface area contributed by atoms with E-state index in [1.54, 1.807) is 14.0 Å². The number of rotatable bonds is 3. The van der Waals surface area contributed by atoms with Gasteiger partial charge in [0.25, 0.3) is 0 Å². The minimum atomic E-state index is -1.52. The predicted octanol–water partition coefficient (Wildman–Crippen LogP) is 2.12. The molecule has 0 amide bonds. The molecule has 2 aliphatic heterocycles. The highest BCUT2D eigenvalue weighted by Crippen LogP contribution is 2.47. The normalized spacial score (nSPS) is 31.8. The van der Waals surface area contributed by atoms with Crippen molar-refractivity contribution in [1.29, 1.82) is 0 Å². The first-order valence-electron chi connectivity index (χ1n) is 9.16. The lowest BCUT2D eigenvalue weighted by Crippen LogP contribution is -2.62. The number of aliphatic hydroxyl groups excluding tert-OH is 3. The molecule has 1 fully saturated rings. The Morgan fingerprint density at radius 1 is 1.14 bits per heavy atom. The van der Waals surface area contributed by atoms with E-state index in [1.807, 2.05) is 36.4 Å². The molecule has 4 rings (SSSR count). The summed E-state index contributed by atoms with van der Waals surface area (Å²) in [5.74, 6) is -0.747. The molecule has 0 bridgehead atoms. The Morgan fingerprint density at radius 2 is 1.86 bits per heavy atom. The fraction of sp³-hybridized carbons (Fsp3) is 0.429. The maximum atomic E-state index is 10.7. The van der Waals surface area contributed by atoms with Gasteiger partial charge in [-0.1, -0.05) is 23.7 Å². The molecule has 0 radical (unpaired) electrons. The summed E-state index contributed by atoms with van der Waals surface area (Å²) >= 11 is 6.49. The smallest absolute Gasteiger partial charge is 0.225 e. The standard InChI is InChI=1S/C21H23ClO6/c1-11-18(23)19(24)20(25)21(28-11)16-8-13(17(22)9-14(16)10-27-21)7-12-3-5-15(26-2)6-4-12/h3-6,8-9,11,18-20,23-25H,7,10H2,1-2H3/t11-,18-,19+,20-,21+/m1/s1. The molecule has 2 aliphatic rings. The van der Waals surface area contributed by atoms with Gasteiger partial charge >= 0.3 is 0 Å². The third-order valence-corrected chi connectivity index (χ3v) is 5.90. The molecule has 2 aromatic carbocycles. The SMILES string of the molecule is COc1ccc(Cc2cc3c(cc2Cl)CO[C@]32O[C@H](C)[C@@H](O)[C@H](O)[C@H]2O)cc1. The summed E-state index contributed by atoms with van der Waals surface area (Å²) in [5.41, 5.74) is 3.31. The Bertz CT molecular complexity index is 870. The molecule has 2 heterocycles. The number of fused-ring (bicyclic) bond motifs is 2. The Labute approximate surface area is 168 Å². The average molecular weight is 407 g/mol. The van der Waals surface area contributed by atoms with Crippen molar-refractivity contribution in [3.63, 3.8) is 0 Å². The van der Waals surface area contributed by atoms with Crippen LogP contribution in [-0.4, -0.2) is 46.8 Å². The van der Waals surface area contributed by atoms with Crippen LogP contribution in [0.25, 0.3) is 0 Å². The van der Waals surface area contributed by atoms with Gasteiger partial charge in [0.15, 0.2) is 0 Å². The van der Waals surface area contributed by atoms with Gasteiger partial charge in [0.2, 0.25) is 5.79 Å². The molecule has 7 heteroatoms. The van der Waals surface area contributed by atoms with Crippen molar-refractivity contribution in [3.05, 3.63) is 63.7 Å². The van der Waals surface area contributed by atoms with Crippen LogP contribution in [0.4, 0.5) is 0 Å². The molecule has 1 saturated heterocycles.